The van der Waals surface area contributed by atoms with Crippen molar-refractivity contribution in [2.45, 2.75) is 96.8 Å². The Hall–Kier alpha value is -0.910. The van der Waals surface area contributed by atoms with Crippen molar-refractivity contribution >= 4 is 5.97 Å². The monoisotopic (exact) mass is 428 g/mol. The van der Waals surface area contributed by atoms with Gasteiger partial charge in [-0.15, -0.1) is 0 Å². The minimum Gasteiger partial charge on any atom is -0.463 e. The zero-order valence-electron chi connectivity index (χ0n) is 19.8. The maximum Gasteiger partial charge on any atom is 0.305 e. The van der Waals surface area contributed by atoms with Crippen molar-refractivity contribution in [1.82, 2.24) is 0 Å². The van der Waals surface area contributed by atoms with Gasteiger partial charge in [0.25, 0.3) is 0 Å². The smallest absolute Gasteiger partial charge is 0.305 e. The van der Waals surface area contributed by atoms with E-state index in [0.29, 0.717) is 46.1 Å². The van der Waals surface area contributed by atoms with E-state index >= 15 is 0 Å². The van der Waals surface area contributed by atoms with Gasteiger partial charge in [-0.1, -0.05) is 70.4 Å². The van der Waals surface area contributed by atoms with Crippen LogP contribution in [0.3, 0.4) is 0 Å². The fourth-order valence-electron chi connectivity index (χ4n) is 3.09. The summed E-state index contributed by atoms with van der Waals surface area (Å²) in [5, 5.41) is 0. The molecule has 0 saturated carbocycles. The molecular weight excluding hydrogens is 380 g/mol. The lowest BCUT2D eigenvalue weighted by atomic mass is 10.1. The van der Waals surface area contributed by atoms with Crippen molar-refractivity contribution in [2.75, 3.05) is 46.8 Å². The van der Waals surface area contributed by atoms with Crippen LogP contribution < -0.4 is 0 Å². The van der Waals surface area contributed by atoms with Crippen LogP contribution in [-0.4, -0.2) is 52.7 Å². The van der Waals surface area contributed by atoms with Crippen molar-refractivity contribution in [3.8, 4) is 0 Å². The molecule has 0 bridgehead atoms. The number of ether oxygens (including phenoxy) is 4. The first-order valence-corrected chi connectivity index (χ1v) is 12.3. The van der Waals surface area contributed by atoms with Gasteiger partial charge in [0.05, 0.1) is 33.0 Å². The van der Waals surface area contributed by atoms with Crippen molar-refractivity contribution in [3.05, 3.63) is 12.2 Å². The third-order valence-corrected chi connectivity index (χ3v) is 4.94. The van der Waals surface area contributed by atoms with Gasteiger partial charge in [-0.05, 0) is 32.1 Å². The second kappa shape index (κ2) is 26.1. The molecule has 0 aromatic carbocycles. The van der Waals surface area contributed by atoms with Crippen LogP contribution >= 0.6 is 0 Å². The summed E-state index contributed by atoms with van der Waals surface area (Å²) >= 11 is 0. The molecule has 5 heteroatoms. The minimum atomic E-state index is -0.118. The quantitative estimate of drug-likeness (QED) is 0.103. The number of rotatable bonds is 24. The lowest BCUT2D eigenvalue weighted by molar-refractivity contribution is -0.145. The van der Waals surface area contributed by atoms with Gasteiger partial charge in [0.15, 0.2) is 0 Å². The van der Waals surface area contributed by atoms with Crippen LogP contribution in [-0.2, 0) is 23.7 Å². The number of unbranched alkanes of at least 4 members (excludes halogenated alkanes) is 11. The van der Waals surface area contributed by atoms with Gasteiger partial charge in [0.2, 0.25) is 0 Å². The van der Waals surface area contributed by atoms with E-state index in [1.54, 1.807) is 7.11 Å². The Kier molecular flexibility index (Phi) is 25.3. The summed E-state index contributed by atoms with van der Waals surface area (Å²) in [6.45, 7) is 5.22. The molecule has 0 unspecified atom stereocenters. The van der Waals surface area contributed by atoms with E-state index in [4.69, 9.17) is 18.9 Å². The van der Waals surface area contributed by atoms with E-state index < -0.39 is 0 Å². The molecule has 0 aliphatic heterocycles. The lowest BCUT2D eigenvalue weighted by Gasteiger charge is -2.07. The van der Waals surface area contributed by atoms with Gasteiger partial charge in [0.1, 0.15) is 6.61 Å². The number of esters is 1. The molecule has 0 amide bonds. The summed E-state index contributed by atoms with van der Waals surface area (Å²) in [4.78, 5) is 11.7. The standard InChI is InChI=1S/C25H48O5/c1-3-4-5-6-7-8-9-10-11-12-13-14-15-16-17-18-25(26)30-24-23-29-22-21-28-20-19-27-2/h10-11H,3-9,12-24H2,1-2H3/b11-10-. The van der Waals surface area contributed by atoms with Gasteiger partial charge in [0, 0.05) is 13.5 Å². The van der Waals surface area contributed by atoms with E-state index in [1.165, 1.54) is 70.6 Å². The third-order valence-electron chi connectivity index (χ3n) is 4.94. The molecule has 178 valence electrons. The Bertz CT molecular complexity index is 371. The molecule has 0 aromatic rings. The molecule has 0 atom stereocenters. The van der Waals surface area contributed by atoms with Crippen LogP contribution in [0.25, 0.3) is 0 Å². The van der Waals surface area contributed by atoms with Crippen LogP contribution in [0.15, 0.2) is 12.2 Å². The molecule has 5 nitrogen and oxygen atoms in total. The van der Waals surface area contributed by atoms with Gasteiger partial charge in [-0.2, -0.15) is 0 Å². The molecule has 0 fully saturated rings. The third kappa shape index (κ3) is 25.1. The Morgan fingerprint density at radius 3 is 1.73 bits per heavy atom. The molecule has 0 aliphatic rings. The number of hydrogen-bond acceptors (Lipinski definition) is 5. The van der Waals surface area contributed by atoms with Gasteiger partial charge >= 0.3 is 5.97 Å². The summed E-state index contributed by atoms with van der Waals surface area (Å²) in [6, 6.07) is 0. The Morgan fingerprint density at radius 1 is 0.633 bits per heavy atom. The fraction of sp³-hybridized carbons (Fsp3) is 0.880. The topological polar surface area (TPSA) is 54.0 Å². The molecule has 0 rings (SSSR count). The second-order valence-electron chi connectivity index (χ2n) is 7.77. The van der Waals surface area contributed by atoms with Crippen molar-refractivity contribution in [1.29, 1.82) is 0 Å². The molecule has 0 aromatic heterocycles. The van der Waals surface area contributed by atoms with Crippen molar-refractivity contribution in [3.63, 3.8) is 0 Å². The number of carbonyl (C=O) groups excluding carboxylic acids is 1. The van der Waals surface area contributed by atoms with Crippen LogP contribution in [0.4, 0.5) is 0 Å². The average Bonchev–Trinajstić information content (AvgIpc) is 2.75. The van der Waals surface area contributed by atoms with Crippen molar-refractivity contribution in [2.24, 2.45) is 0 Å². The summed E-state index contributed by atoms with van der Waals surface area (Å²) in [6.07, 6.45) is 21.6. The Balaban J connectivity index is 3.20. The van der Waals surface area contributed by atoms with E-state index in [2.05, 4.69) is 19.1 Å². The highest BCUT2D eigenvalue weighted by atomic mass is 16.6. The summed E-state index contributed by atoms with van der Waals surface area (Å²) in [5.41, 5.74) is 0. The van der Waals surface area contributed by atoms with Crippen LogP contribution in [0.5, 0.6) is 0 Å². The zero-order chi connectivity index (χ0) is 22.0. The molecule has 0 spiro atoms. The largest absolute Gasteiger partial charge is 0.463 e. The number of allylic oxidation sites excluding steroid dienone is 2. The first-order valence-electron chi connectivity index (χ1n) is 12.3. The highest BCUT2D eigenvalue weighted by molar-refractivity contribution is 5.69. The number of hydrogen-bond donors (Lipinski definition) is 0. The molecule has 0 N–H and O–H groups in total. The summed E-state index contributed by atoms with van der Waals surface area (Å²) in [7, 11) is 1.64. The lowest BCUT2D eigenvalue weighted by Crippen LogP contribution is -2.13. The molecule has 0 aliphatic carbocycles. The normalized spacial score (nSPS) is 11.4. The minimum absolute atomic E-state index is 0.118. The predicted molar refractivity (Wildman–Crippen MR) is 124 cm³/mol. The average molecular weight is 429 g/mol. The number of carbonyl (C=O) groups is 1. The predicted octanol–water partition coefficient (Wildman–Crippen LogP) is 6.25. The van der Waals surface area contributed by atoms with Gasteiger partial charge < -0.3 is 18.9 Å². The number of methoxy groups -OCH3 is 1. The van der Waals surface area contributed by atoms with Gasteiger partial charge in [-0.3, -0.25) is 4.79 Å². The highest BCUT2D eigenvalue weighted by Crippen LogP contribution is 2.10. The fourth-order valence-corrected chi connectivity index (χ4v) is 3.09. The Labute approximate surface area is 185 Å². The maximum atomic E-state index is 11.7. The van der Waals surface area contributed by atoms with E-state index in [1.807, 2.05) is 0 Å². The molecule has 0 saturated heterocycles. The molecule has 30 heavy (non-hydrogen) atoms. The van der Waals surface area contributed by atoms with E-state index in [0.717, 1.165) is 12.8 Å². The first-order chi connectivity index (χ1) is 14.8. The van der Waals surface area contributed by atoms with Crippen LogP contribution in [0, 0.1) is 0 Å². The highest BCUT2D eigenvalue weighted by Gasteiger charge is 2.02. The molecule has 0 radical (unpaired) electrons. The van der Waals surface area contributed by atoms with Crippen molar-refractivity contribution < 1.29 is 23.7 Å². The zero-order valence-corrected chi connectivity index (χ0v) is 19.8. The second-order valence-corrected chi connectivity index (χ2v) is 7.77. The summed E-state index contributed by atoms with van der Waals surface area (Å²) in [5.74, 6) is -0.118. The van der Waals surface area contributed by atoms with E-state index in [-0.39, 0.29) is 5.97 Å². The van der Waals surface area contributed by atoms with Crippen LogP contribution in [0.2, 0.25) is 0 Å². The first kappa shape index (κ1) is 29.1. The molecular formula is C25H48O5. The maximum absolute atomic E-state index is 11.7. The SMILES string of the molecule is CCCCCCCC/C=C\CCCCCCCC(=O)OCCOCCOCCOC. The van der Waals surface area contributed by atoms with Crippen LogP contribution in [0.1, 0.15) is 96.8 Å². The Morgan fingerprint density at radius 2 is 1.13 bits per heavy atom. The molecule has 0 heterocycles. The summed E-state index contributed by atoms with van der Waals surface area (Å²) < 4.78 is 20.7. The van der Waals surface area contributed by atoms with Gasteiger partial charge in [-0.25, -0.2) is 0 Å². The van der Waals surface area contributed by atoms with E-state index in [9.17, 15) is 4.79 Å².